The fourth-order valence-corrected chi connectivity index (χ4v) is 2.96. The zero-order valence-corrected chi connectivity index (χ0v) is 13.1. The molecule has 21 heavy (non-hydrogen) atoms. The van der Waals surface area contributed by atoms with Crippen LogP contribution in [0, 0.1) is 0 Å². The lowest BCUT2D eigenvalue weighted by molar-refractivity contribution is 0.232. The van der Waals surface area contributed by atoms with Crippen LogP contribution < -0.4 is 5.32 Å². The number of furan rings is 1. The molecule has 1 N–H and O–H groups in total. The summed E-state index contributed by atoms with van der Waals surface area (Å²) in [6.45, 7) is 7.66. The summed E-state index contributed by atoms with van der Waals surface area (Å²) in [5.74, 6) is 1.07. The van der Waals surface area contributed by atoms with Gasteiger partial charge in [0.1, 0.15) is 11.3 Å². The maximum atomic E-state index is 6.08. The topological polar surface area (TPSA) is 28.4 Å². The zero-order valence-electron chi connectivity index (χ0n) is 13.1. The first-order chi connectivity index (χ1) is 10.3. The van der Waals surface area contributed by atoms with Crippen LogP contribution in [-0.4, -0.2) is 30.6 Å². The second-order valence-electron chi connectivity index (χ2n) is 6.01. The summed E-state index contributed by atoms with van der Waals surface area (Å²) in [6, 6.07) is 11.6. The summed E-state index contributed by atoms with van der Waals surface area (Å²) in [5.41, 5.74) is 0.991. The lowest BCUT2D eigenvalue weighted by atomic mass is 10.1. The standard InChI is InChI=1S/C18H26N2O/c1-3-11-19-16(13-20(4-2)15-9-10-15)18-12-14-7-5-6-8-17(14)21-18/h5-8,12,15-16,19H,3-4,9-11,13H2,1-2H3. The summed E-state index contributed by atoms with van der Waals surface area (Å²) in [6.07, 6.45) is 3.86. The van der Waals surface area contributed by atoms with E-state index in [2.05, 4.69) is 42.3 Å². The number of nitrogens with one attached hydrogen (secondary N) is 1. The normalized spacial score (nSPS) is 16.7. The van der Waals surface area contributed by atoms with Gasteiger partial charge >= 0.3 is 0 Å². The molecule has 0 aliphatic heterocycles. The van der Waals surface area contributed by atoms with Gasteiger partial charge in [-0.1, -0.05) is 32.0 Å². The van der Waals surface area contributed by atoms with E-state index in [0.717, 1.165) is 43.4 Å². The van der Waals surface area contributed by atoms with E-state index in [1.54, 1.807) is 0 Å². The van der Waals surface area contributed by atoms with Crippen molar-refractivity contribution >= 4 is 11.0 Å². The van der Waals surface area contributed by atoms with Crippen LogP contribution in [0.4, 0.5) is 0 Å². The van der Waals surface area contributed by atoms with Gasteiger partial charge in [-0.3, -0.25) is 4.90 Å². The van der Waals surface area contributed by atoms with Gasteiger partial charge < -0.3 is 9.73 Å². The number of benzene rings is 1. The van der Waals surface area contributed by atoms with Crippen molar-refractivity contribution in [3.05, 3.63) is 36.1 Å². The van der Waals surface area contributed by atoms with Gasteiger partial charge in [-0.15, -0.1) is 0 Å². The van der Waals surface area contributed by atoms with E-state index in [-0.39, 0.29) is 6.04 Å². The Balaban J connectivity index is 1.79. The summed E-state index contributed by atoms with van der Waals surface area (Å²) < 4.78 is 6.08. The number of para-hydroxylation sites is 1. The van der Waals surface area contributed by atoms with Crippen LogP contribution in [0.25, 0.3) is 11.0 Å². The van der Waals surface area contributed by atoms with E-state index in [9.17, 15) is 0 Å². The first-order valence-electron chi connectivity index (χ1n) is 8.27. The third-order valence-electron chi connectivity index (χ3n) is 4.32. The monoisotopic (exact) mass is 286 g/mol. The number of rotatable bonds is 8. The molecule has 0 bridgehead atoms. The van der Waals surface area contributed by atoms with Gasteiger partial charge in [-0.2, -0.15) is 0 Å². The molecule has 2 aromatic rings. The van der Waals surface area contributed by atoms with Crippen molar-refractivity contribution in [2.24, 2.45) is 0 Å². The van der Waals surface area contributed by atoms with E-state index in [1.807, 2.05) is 12.1 Å². The summed E-state index contributed by atoms with van der Waals surface area (Å²) in [5, 5.41) is 4.86. The molecule has 1 aromatic carbocycles. The highest BCUT2D eigenvalue weighted by Gasteiger charge is 2.30. The fourth-order valence-electron chi connectivity index (χ4n) is 2.96. The van der Waals surface area contributed by atoms with Crippen molar-refractivity contribution in [3.8, 4) is 0 Å². The molecule has 0 amide bonds. The Kier molecular flexibility index (Phi) is 4.61. The van der Waals surface area contributed by atoms with Crippen LogP contribution in [0.15, 0.2) is 34.7 Å². The molecule has 3 nitrogen and oxygen atoms in total. The SMILES string of the molecule is CCCNC(CN(CC)C1CC1)c1cc2ccccc2o1. The molecule has 0 saturated heterocycles. The minimum atomic E-state index is 0.290. The molecule has 3 rings (SSSR count). The Morgan fingerprint density at radius 1 is 1.29 bits per heavy atom. The van der Waals surface area contributed by atoms with Crippen molar-refractivity contribution in [3.63, 3.8) is 0 Å². The highest BCUT2D eigenvalue weighted by molar-refractivity contribution is 5.77. The quantitative estimate of drug-likeness (QED) is 0.796. The largest absolute Gasteiger partial charge is 0.459 e. The molecule has 3 heteroatoms. The van der Waals surface area contributed by atoms with Gasteiger partial charge in [0, 0.05) is 18.0 Å². The van der Waals surface area contributed by atoms with Gasteiger partial charge in [0.05, 0.1) is 6.04 Å². The van der Waals surface area contributed by atoms with Crippen molar-refractivity contribution in [1.29, 1.82) is 0 Å². The minimum absolute atomic E-state index is 0.290. The molecule has 0 spiro atoms. The summed E-state index contributed by atoms with van der Waals surface area (Å²) >= 11 is 0. The van der Waals surface area contributed by atoms with E-state index in [0.29, 0.717) is 0 Å². The Hall–Kier alpha value is -1.32. The molecule has 1 aromatic heterocycles. The van der Waals surface area contributed by atoms with Crippen molar-refractivity contribution in [1.82, 2.24) is 10.2 Å². The minimum Gasteiger partial charge on any atom is -0.459 e. The first-order valence-corrected chi connectivity index (χ1v) is 8.27. The van der Waals surface area contributed by atoms with E-state index in [1.165, 1.54) is 18.2 Å². The van der Waals surface area contributed by atoms with Crippen LogP contribution in [0.5, 0.6) is 0 Å². The smallest absolute Gasteiger partial charge is 0.134 e. The molecule has 1 aliphatic rings. The Morgan fingerprint density at radius 3 is 2.76 bits per heavy atom. The van der Waals surface area contributed by atoms with Gasteiger partial charge in [0.25, 0.3) is 0 Å². The van der Waals surface area contributed by atoms with Crippen molar-refractivity contribution in [2.75, 3.05) is 19.6 Å². The van der Waals surface area contributed by atoms with Gasteiger partial charge in [-0.05, 0) is 44.5 Å². The number of hydrogen-bond donors (Lipinski definition) is 1. The Morgan fingerprint density at radius 2 is 2.10 bits per heavy atom. The van der Waals surface area contributed by atoms with Crippen LogP contribution in [0.3, 0.4) is 0 Å². The zero-order chi connectivity index (χ0) is 14.7. The molecule has 114 valence electrons. The predicted molar refractivity (Wildman–Crippen MR) is 87.5 cm³/mol. The van der Waals surface area contributed by atoms with Crippen LogP contribution in [-0.2, 0) is 0 Å². The average molecular weight is 286 g/mol. The second-order valence-corrected chi connectivity index (χ2v) is 6.01. The van der Waals surface area contributed by atoms with Crippen molar-refractivity contribution in [2.45, 2.75) is 45.2 Å². The average Bonchev–Trinajstić information content (AvgIpc) is 3.25. The maximum absolute atomic E-state index is 6.08. The lowest BCUT2D eigenvalue weighted by Crippen LogP contribution is -2.36. The number of fused-ring (bicyclic) bond motifs is 1. The molecule has 1 saturated carbocycles. The molecular formula is C18H26N2O. The first kappa shape index (κ1) is 14.6. The highest BCUT2D eigenvalue weighted by atomic mass is 16.3. The molecule has 1 heterocycles. The lowest BCUT2D eigenvalue weighted by Gasteiger charge is -2.26. The summed E-state index contributed by atoms with van der Waals surface area (Å²) in [7, 11) is 0. The Bertz CT molecular complexity index is 540. The number of nitrogens with zero attached hydrogens (tertiary/aromatic N) is 1. The van der Waals surface area contributed by atoms with Crippen LogP contribution >= 0.6 is 0 Å². The predicted octanol–water partition coefficient (Wildman–Crippen LogP) is 3.96. The van der Waals surface area contributed by atoms with Crippen LogP contribution in [0.2, 0.25) is 0 Å². The fraction of sp³-hybridized carbons (Fsp3) is 0.556. The van der Waals surface area contributed by atoms with E-state index >= 15 is 0 Å². The van der Waals surface area contributed by atoms with E-state index < -0.39 is 0 Å². The van der Waals surface area contributed by atoms with Gasteiger partial charge in [-0.25, -0.2) is 0 Å². The van der Waals surface area contributed by atoms with E-state index in [4.69, 9.17) is 4.42 Å². The molecular weight excluding hydrogens is 260 g/mol. The second kappa shape index (κ2) is 6.63. The third-order valence-corrected chi connectivity index (χ3v) is 4.32. The number of hydrogen-bond acceptors (Lipinski definition) is 3. The molecule has 0 radical (unpaired) electrons. The molecule has 1 atom stereocenters. The third kappa shape index (κ3) is 3.47. The Labute approximate surface area is 127 Å². The molecule has 1 aliphatic carbocycles. The van der Waals surface area contributed by atoms with Gasteiger partial charge in [0.2, 0.25) is 0 Å². The van der Waals surface area contributed by atoms with Crippen LogP contribution in [0.1, 0.15) is 44.9 Å². The maximum Gasteiger partial charge on any atom is 0.134 e. The number of likely N-dealkylation sites (N-methyl/N-ethyl adjacent to an activating group) is 1. The van der Waals surface area contributed by atoms with Crippen molar-refractivity contribution < 1.29 is 4.42 Å². The van der Waals surface area contributed by atoms with Gasteiger partial charge in [0.15, 0.2) is 0 Å². The highest BCUT2D eigenvalue weighted by Crippen LogP contribution is 2.30. The molecule has 1 unspecified atom stereocenters. The molecule has 1 fully saturated rings. The summed E-state index contributed by atoms with van der Waals surface area (Å²) in [4.78, 5) is 2.58.